The zero-order valence-electron chi connectivity index (χ0n) is 13.6. The van der Waals surface area contributed by atoms with Gasteiger partial charge in [0.2, 0.25) is 0 Å². The number of rotatable bonds is 1. The number of para-hydroxylation sites is 4. The van der Waals surface area contributed by atoms with Crippen molar-refractivity contribution in [3.8, 4) is 11.8 Å². The van der Waals surface area contributed by atoms with E-state index in [0.29, 0.717) is 16.5 Å². The minimum Gasteiger partial charge on any atom is -0.369 e. The molecule has 1 heterocycles. The van der Waals surface area contributed by atoms with Crippen molar-refractivity contribution in [2.24, 2.45) is 0 Å². The highest BCUT2D eigenvalue weighted by atomic mass is 35.5. The summed E-state index contributed by atoms with van der Waals surface area (Å²) in [6.45, 7) is 0. The van der Waals surface area contributed by atoms with Crippen molar-refractivity contribution in [3.63, 3.8) is 0 Å². The van der Waals surface area contributed by atoms with E-state index in [2.05, 4.69) is 16.0 Å². The first-order valence-corrected chi connectivity index (χ1v) is 8.34. The summed E-state index contributed by atoms with van der Waals surface area (Å²) in [7, 11) is 0. The molecule has 0 atom stereocenters. The Morgan fingerprint density at radius 2 is 1.73 bits per heavy atom. The van der Waals surface area contributed by atoms with Crippen LogP contribution in [0.2, 0.25) is 5.02 Å². The molecule has 0 aliphatic carbocycles. The molecule has 1 aromatic heterocycles. The topological polar surface area (TPSA) is 83.4 Å². The summed E-state index contributed by atoms with van der Waals surface area (Å²) in [4.78, 5) is 7.63. The van der Waals surface area contributed by atoms with Crippen molar-refractivity contribution in [1.82, 2.24) is 14.5 Å². The number of halogens is 1. The number of benzene rings is 3. The van der Waals surface area contributed by atoms with Crippen molar-refractivity contribution in [1.29, 1.82) is 5.26 Å². The second-order valence-corrected chi connectivity index (χ2v) is 6.15. The van der Waals surface area contributed by atoms with Gasteiger partial charge in [0.05, 0.1) is 32.7 Å². The Bertz CT molecular complexity index is 1170. The summed E-state index contributed by atoms with van der Waals surface area (Å²) in [6.07, 6.45) is 0. The third-order valence-corrected chi connectivity index (χ3v) is 4.42. The van der Waals surface area contributed by atoms with Gasteiger partial charge >= 0.3 is 0 Å². The molecule has 4 rings (SSSR count). The molecule has 3 N–H and O–H groups in total. The van der Waals surface area contributed by atoms with Crippen LogP contribution in [0.3, 0.4) is 0 Å². The summed E-state index contributed by atoms with van der Waals surface area (Å²) in [5, 5.41) is 9.56. The van der Waals surface area contributed by atoms with Crippen LogP contribution in [0.5, 0.6) is 0 Å². The Morgan fingerprint density at radius 1 is 1.00 bits per heavy atom. The molecular formula is C20H14ClN5. The number of anilines is 1. The molecule has 4 aromatic rings. The predicted octanol–water partition coefficient (Wildman–Crippen LogP) is 4.74. The van der Waals surface area contributed by atoms with Crippen LogP contribution in [-0.4, -0.2) is 14.5 Å². The number of aromatic nitrogens is 3. The summed E-state index contributed by atoms with van der Waals surface area (Å²) in [5.74, 6) is 0.322. The minimum absolute atomic E-state index is 0.322. The first kappa shape index (κ1) is 16.0. The molecule has 0 bridgehead atoms. The summed E-state index contributed by atoms with van der Waals surface area (Å²) in [5.41, 5.74) is 10.6. The molecule has 0 aliphatic heterocycles. The fourth-order valence-corrected chi connectivity index (χ4v) is 3.18. The monoisotopic (exact) mass is 359 g/mol. The molecule has 6 heteroatoms. The lowest BCUT2D eigenvalue weighted by Gasteiger charge is -2.14. The molecule has 0 radical (unpaired) electrons. The van der Waals surface area contributed by atoms with Crippen LogP contribution in [0.25, 0.3) is 27.8 Å². The Balaban J connectivity index is 2.24. The SMILES string of the molecule is N#Cc1ccc(-n2c3ccccc3nc(N)[nH]c3ccccc32)cc1Cl. The van der Waals surface area contributed by atoms with Gasteiger partial charge in [-0.15, -0.1) is 0 Å². The zero-order chi connectivity index (χ0) is 18.1. The van der Waals surface area contributed by atoms with Crippen LogP contribution < -0.4 is 5.73 Å². The Hall–Kier alpha value is -3.49. The Kier molecular flexibility index (Phi) is 3.96. The first-order chi connectivity index (χ1) is 12.7. The molecule has 5 nitrogen and oxygen atoms in total. The number of hydrogen-bond acceptors (Lipinski definition) is 3. The minimum atomic E-state index is 0.322. The van der Waals surface area contributed by atoms with Gasteiger partial charge in [0, 0.05) is 5.69 Å². The van der Waals surface area contributed by atoms with Gasteiger partial charge in [-0.05, 0) is 42.5 Å². The summed E-state index contributed by atoms with van der Waals surface area (Å²) in [6, 6.07) is 23.0. The van der Waals surface area contributed by atoms with Crippen molar-refractivity contribution >= 4 is 39.6 Å². The molecule has 126 valence electrons. The number of aromatic amines is 1. The van der Waals surface area contributed by atoms with Crippen molar-refractivity contribution < 1.29 is 0 Å². The average molecular weight is 360 g/mol. The smallest absolute Gasteiger partial charge is 0.198 e. The number of nitriles is 1. The van der Waals surface area contributed by atoms with Crippen molar-refractivity contribution in [2.75, 3.05) is 5.73 Å². The lowest BCUT2D eigenvalue weighted by molar-refractivity contribution is 1.14. The largest absolute Gasteiger partial charge is 0.369 e. The van der Waals surface area contributed by atoms with E-state index >= 15 is 0 Å². The number of H-pyrrole nitrogens is 1. The highest BCUT2D eigenvalue weighted by Crippen LogP contribution is 2.26. The lowest BCUT2D eigenvalue weighted by atomic mass is 10.2. The van der Waals surface area contributed by atoms with E-state index in [4.69, 9.17) is 22.6 Å². The fraction of sp³-hybridized carbons (Fsp3) is 0. The second-order valence-electron chi connectivity index (χ2n) is 5.74. The van der Waals surface area contributed by atoms with E-state index in [-0.39, 0.29) is 0 Å². The predicted molar refractivity (Wildman–Crippen MR) is 105 cm³/mol. The van der Waals surface area contributed by atoms with Crippen LogP contribution >= 0.6 is 11.6 Å². The van der Waals surface area contributed by atoms with Crippen LogP contribution in [0.15, 0.2) is 66.7 Å². The molecule has 0 saturated carbocycles. The van der Waals surface area contributed by atoms with Gasteiger partial charge in [0.15, 0.2) is 5.95 Å². The summed E-state index contributed by atoms with van der Waals surface area (Å²) >= 11 is 6.29. The van der Waals surface area contributed by atoms with Gasteiger partial charge in [-0.3, -0.25) is 0 Å². The molecule has 0 unspecified atom stereocenters. The Morgan fingerprint density at radius 3 is 2.50 bits per heavy atom. The third kappa shape index (κ3) is 2.73. The van der Waals surface area contributed by atoms with Gasteiger partial charge in [0.1, 0.15) is 6.07 Å². The van der Waals surface area contributed by atoms with Crippen molar-refractivity contribution in [3.05, 3.63) is 77.3 Å². The van der Waals surface area contributed by atoms with Gasteiger partial charge < -0.3 is 15.3 Å². The van der Waals surface area contributed by atoms with Crippen LogP contribution in [-0.2, 0) is 0 Å². The van der Waals surface area contributed by atoms with E-state index in [1.165, 1.54) is 0 Å². The number of nitrogens with one attached hydrogen (secondary N) is 1. The number of nitrogen functional groups attached to an aromatic ring is 1. The van der Waals surface area contributed by atoms with E-state index in [0.717, 1.165) is 27.8 Å². The highest BCUT2D eigenvalue weighted by Gasteiger charge is 2.08. The van der Waals surface area contributed by atoms with E-state index in [9.17, 15) is 0 Å². The summed E-state index contributed by atoms with van der Waals surface area (Å²) < 4.78 is 2.04. The van der Waals surface area contributed by atoms with Crippen LogP contribution in [0.4, 0.5) is 5.95 Å². The zero-order valence-corrected chi connectivity index (χ0v) is 14.4. The quantitative estimate of drug-likeness (QED) is 0.515. The van der Waals surface area contributed by atoms with Crippen LogP contribution in [0.1, 0.15) is 5.56 Å². The normalized spacial score (nSPS) is 10.6. The standard InChI is InChI=1S/C20H14ClN5/c21-15-11-14(10-9-13(15)12-22)26-18-7-3-1-5-16(18)24-20(23)25-17-6-2-4-8-19(17)26/h1-11H,(H3,23,24,25). The molecule has 0 saturated heterocycles. The molecule has 3 aromatic carbocycles. The van der Waals surface area contributed by atoms with E-state index < -0.39 is 0 Å². The molecular weight excluding hydrogens is 346 g/mol. The maximum Gasteiger partial charge on any atom is 0.198 e. The third-order valence-electron chi connectivity index (χ3n) is 4.10. The lowest BCUT2D eigenvalue weighted by Crippen LogP contribution is -2.02. The maximum absolute atomic E-state index is 9.16. The number of hydrogen-bond donors (Lipinski definition) is 2. The number of nitrogens with two attached hydrogens (primary N) is 1. The molecule has 26 heavy (non-hydrogen) atoms. The molecule has 0 spiro atoms. The van der Waals surface area contributed by atoms with Gasteiger partial charge in [-0.1, -0.05) is 35.9 Å². The fourth-order valence-electron chi connectivity index (χ4n) is 2.96. The Labute approximate surface area is 154 Å². The number of fused-ring (bicyclic) bond motifs is 2. The molecule has 0 fully saturated rings. The van der Waals surface area contributed by atoms with Crippen molar-refractivity contribution in [2.45, 2.75) is 0 Å². The van der Waals surface area contributed by atoms with Gasteiger partial charge in [-0.25, -0.2) is 4.98 Å². The highest BCUT2D eigenvalue weighted by molar-refractivity contribution is 6.31. The van der Waals surface area contributed by atoms with E-state index in [1.807, 2.05) is 59.2 Å². The molecule has 0 aliphatic rings. The number of nitrogens with zero attached hydrogens (tertiary/aromatic N) is 3. The second kappa shape index (κ2) is 6.43. The van der Waals surface area contributed by atoms with Gasteiger partial charge in [-0.2, -0.15) is 5.26 Å². The van der Waals surface area contributed by atoms with Crippen LogP contribution in [0, 0.1) is 11.3 Å². The first-order valence-electron chi connectivity index (χ1n) is 7.96. The van der Waals surface area contributed by atoms with E-state index in [1.54, 1.807) is 12.1 Å². The van der Waals surface area contributed by atoms with Gasteiger partial charge in [0.25, 0.3) is 0 Å². The average Bonchev–Trinajstić information content (AvgIpc) is 2.63. The molecule has 0 amide bonds. The maximum atomic E-state index is 9.16.